The van der Waals surface area contributed by atoms with Gasteiger partial charge in [-0.3, -0.25) is 0 Å². The molecule has 0 aliphatic heterocycles. The molecular formula is C17H36O2Si. The van der Waals surface area contributed by atoms with Gasteiger partial charge in [0.05, 0.1) is 6.10 Å². The molecule has 1 N–H and O–H groups in total. The van der Waals surface area contributed by atoms with Crippen LogP contribution < -0.4 is 0 Å². The molecule has 120 valence electrons. The van der Waals surface area contributed by atoms with Gasteiger partial charge in [-0.15, -0.1) is 0 Å². The van der Waals surface area contributed by atoms with E-state index in [1.807, 2.05) is 0 Å². The zero-order valence-corrected chi connectivity index (χ0v) is 15.8. The van der Waals surface area contributed by atoms with Crippen LogP contribution in [0.3, 0.4) is 0 Å². The van der Waals surface area contributed by atoms with Crippen molar-refractivity contribution in [3.63, 3.8) is 0 Å². The fraction of sp³-hybridized carbons (Fsp3) is 0.882. The molecule has 0 spiro atoms. The average Bonchev–Trinajstić information content (AvgIpc) is 2.24. The molecule has 0 aromatic carbocycles. The van der Waals surface area contributed by atoms with E-state index in [1.165, 1.54) is 0 Å². The normalized spacial score (nSPS) is 16.0. The number of rotatable bonds is 9. The smallest absolute Gasteiger partial charge is 0.191 e. The van der Waals surface area contributed by atoms with Crippen LogP contribution in [0.4, 0.5) is 0 Å². The van der Waals surface area contributed by atoms with Crippen LogP contribution >= 0.6 is 0 Å². The second-order valence-electron chi connectivity index (χ2n) is 7.78. The number of hydrogen-bond donors (Lipinski definition) is 1. The van der Waals surface area contributed by atoms with Gasteiger partial charge in [0.1, 0.15) is 0 Å². The summed E-state index contributed by atoms with van der Waals surface area (Å²) in [7, 11) is -1.64. The van der Waals surface area contributed by atoms with Crippen molar-refractivity contribution >= 4 is 8.32 Å². The first-order chi connectivity index (χ1) is 8.99. The highest BCUT2D eigenvalue weighted by Gasteiger charge is 2.37. The van der Waals surface area contributed by atoms with E-state index in [9.17, 15) is 5.11 Å². The van der Waals surface area contributed by atoms with Gasteiger partial charge < -0.3 is 9.53 Å². The molecule has 2 nitrogen and oxygen atoms in total. The molecule has 0 aromatic heterocycles. The Labute approximate surface area is 127 Å². The van der Waals surface area contributed by atoms with Crippen LogP contribution in [0.1, 0.15) is 60.3 Å². The summed E-state index contributed by atoms with van der Waals surface area (Å²) in [5.74, 6) is 0.477. The van der Waals surface area contributed by atoms with Crippen molar-refractivity contribution in [1.29, 1.82) is 0 Å². The molecule has 0 unspecified atom stereocenters. The minimum Gasteiger partial charge on any atom is -0.417 e. The molecule has 3 heteroatoms. The minimum atomic E-state index is -1.64. The van der Waals surface area contributed by atoms with Crippen LogP contribution in [-0.4, -0.2) is 26.1 Å². The van der Waals surface area contributed by atoms with Gasteiger partial charge in [-0.1, -0.05) is 53.2 Å². The Morgan fingerprint density at radius 1 is 1.25 bits per heavy atom. The summed E-state index contributed by atoms with van der Waals surface area (Å²) < 4.78 is 6.24. The molecule has 0 saturated heterocycles. The lowest BCUT2D eigenvalue weighted by molar-refractivity contribution is 0.160. The standard InChI is InChI=1S/C17H36O2Si/c1-9-10-16(18)12-14(2)11-15(3)13-19-20(7,8)17(4,5)6/h15-16,18H,2,9-13H2,1,3-8H3/t15-,16-/m1/s1. The molecule has 0 fully saturated rings. The second-order valence-corrected chi connectivity index (χ2v) is 12.6. The van der Waals surface area contributed by atoms with E-state index in [-0.39, 0.29) is 11.1 Å². The third-order valence-corrected chi connectivity index (χ3v) is 8.82. The van der Waals surface area contributed by atoms with Gasteiger partial charge in [-0.05, 0) is 43.3 Å². The summed E-state index contributed by atoms with van der Waals surface area (Å²) in [6, 6.07) is 0. The molecule has 2 atom stereocenters. The van der Waals surface area contributed by atoms with Crippen LogP contribution in [-0.2, 0) is 4.43 Å². The highest BCUT2D eigenvalue weighted by atomic mass is 28.4. The van der Waals surface area contributed by atoms with Crippen molar-refractivity contribution < 1.29 is 9.53 Å². The van der Waals surface area contributed by atoms with E-state index in [0.717, 1.165) is 37.9 Å². The summed E-state index contributed by atoms with van der Waals surface area (Å²) in [5.41, 5.74) is 1.15. The lowest BCUT2D eigenvalue weighted by Gasteiger charge is -2.37. The number of aliphatic hydroxyl groups is 1. The maximum atomic E-state index is 9.81. The first-order valence-electron chi connectivity index (χ1n) is 7.98. The van der Waals surface area contributed by atoms with Crippen molar-refractivity contribution in [3.8, 4) is 0 Å². The van der Waals surface area contributed by atoms with Crippen LogP contribution in [0.15, 0.2) is 12.2 Å². The van der Waals surface area contributed by atoms with Gasteiger partial charge in [0.25, 0.3) is 0 Å². The predicted octanol–water partition coefficient (Wildman–Crippen LogP) is 5.14. The summed E-state index contributed by atoms with van der Waals surface area (Å²) in [4.78, 5) is 0. The molecule has 0 bridgehead atoms. The van der Waals surface area contributed by atoms with Crippen molar-refractivity contribution in [2.75, 3.05) is 6.61 Å². The Hall–Kier alpha value is -0.123. The zero-order chi connectivity index (χ0) is 16.0. The van der Waals surface area contributed by atoms with Crippen molar-refractivity contribution in [2.45, 2.75) is 84.5 Å². The molecule has 0 aromatic rings. The fourth-order valence-corrected chi connectivity index (χ4v) is 3.10. The lowest BCUT2D eigenvalue weighted by Crippen LogP contribution is -2.41. The summed E-state index contributed by atoms with van der Waals surface area (Å²) in [6.07, 6.45) is 3.36. The Balaban J connectivity index is 4.12. The monoisotopic (exact) mass is 300 g/mol. The van der Waals surface area contributed by atoms with Crippen LogP contribution in [0.5, 0.6) is 0 Å². The lowest BCUT2D eigenvalue weighted by atomic mass is 9.97. The first-order valence-corrected chi connectivity index (χ1v) is 10.9. The summed E-state index contributed by atoms with van der Waals surface area (Å²) in [5, 5.41) is 10.1. The van der Waals surface area contributed by atoms with Crippen LogP contribution in [0.2, 0.25) is 18.1 Å². The summed E-state index contributed by atoms with van der Waals surface area (Å²) >= 11 is 0. The third-order valence-electron chi connectivity index (χ3n) is 4.32. The Kier molecular flexibility index (Phi) is 8.30. The average molecular weight is 301 g/mol. The predicted molar refractivity (Wildman–Crippen MR) is 91.6 cm³/mol. The van der Waals surface area contributed by atoms with E-state index in [1.54, 1.807) is 0 Å². The topological polar surface area (TPSA) is 29.5 Å². The highest BCUT2D eigenvalue weighted by molar-refractivity contribution is 6.74. The van der Waals surface area contributed by atoms with Crippen molar-refractivity contribution in [3.05, 3.63) is 12.2 Å². The molecule has 0 saturated carbocycles. The minimum absolute atomic E-state index is 0.221. The zero-order valence-electron chi connectivity index (χ0n) is 14.8. The number of aliphatic hydroxyl groups excluding tert-OH is 1. The quantitative estimate of drug-likeness (QED) is 0.472. The molecule has 0 aliphatic rings. The molecular weight excluding hydrogens is 264 g/mol. The molecule has 0 aliphatic carbocycles. The van der Waals surface area contributed by atoms with Gasteiger partial charge in [0, 0.05) is 6.61 Å². The van der Waals surface area contributed by atoms with E-state index >= 15 is 0 Å². The van der Waals surface area contributed by atoms with Crippen molar-refractivity contribution in [1.82, 2.24) is 0 Å². The maximum absolute atomic E-state index is 9.81. The van der Waals surface area contributed by atoms with Crippen molar-refractivity contribution in [2.24, 2.45) is 5.92 Å². The van der Waals surface area contributed by atoms with Gasteiger partial charge in [0.2, 0.25) is 0 Å². The van der Waals surface area contributed by atoms with Gasteiger partial charge >= 0.3 is 0 Å². The Morgan fingerprint density at radius 2 is 1.80 bits per heavy atom. The molecule has 0 amide bonds. The molecule has 0 radical (unpaired) electrons. The second kappa shape index (κ2) is 8.35. The van der Waals surface area contributed by atoms with E-state index < -0.39 is 8.32 Å². The Morgan fingerprint density at radius 3 is 2.25 bits per heavy atom. The van der Waals surface area contributed by atoms with Gasteiger partial charge in [-0.25, -0.2) is 0 Å². The number of hydrogen-bond acceptors (Lipinski definition) is 2. The fourth-order valence-electron chi connectivity index (χ4n) is 1.97. The van der Waals surface area contributed by atoms with E-state index in [0.29, 0.717) is 5.92 Å². The molecule has 0 rings (SSSR count). The largest absolute Gasteiger partial charge is 0.417 e. The van der Waals surface area contributed by atoms with Crippen LogP contribution in [0.25, 0.3) is 0 Å². The summed E-state index contributed by atoms with van der Waals surface area (Å²) in [6.45, 7) is 20.6. The molecule has 20 heavy (non-hydrogen) atoms. The highest BCUT2D eigenvalue weighted by Crippen LogP contribution is 2.37. The van der Waals surface area contributed by atoms with Crippen LogP contribution in [0, 0.1) is 5.92 Å². The third kappa shape index (κ3) is 7.60. The maximum Gasteiger partial charge on any atom is 0.191 e. The van der Waals surface area contributed by atoms with Gasteiger partial charge in [0.15, 0.2) is 8.32 Å². The first kappa shape index (κ1) is 19.9. The Bertz CT molecular complexity index is 292. The van der Waals surface area contributed by atoms with Gasteiger partial charge in [-0.2, -0.15) is 0 Å². The van der Waals surface area contributed by atoms with E-state index in [4.69, 9.17) is 4.43 Å². The molecule has 0 heterocycles. The van der Waals surface area contributed by atoms with E-state index in [2.05, 4.69) is 54.3 Å². The SMILES string of the molecule is C=C(C[C@@H](C)CO[Si](C)(C)C(C)(C)C)C[C@H](O)CCC.